The second-order valence-electron chi connectivity index (χ2n) is 3.84. The molecule has 0 aliphatic rings. The maximum Gasteiger partial charge on any atom is 0.124 e. The second kappa shape index (κ2) is 5.98. The van der Waals surface area contributed by atoms with Gasteiger partial charge in [0, 0.05) is 22.1 Å². The van der Waals surface area contributed by atoms with E-state index < -0.39 is 0 Å². The lowest BCUT2D eigenvalue weighted by Gasteiger charge is -2.11. The molecule has 0 bridgehead atoms. The van der Waals surface area contributed by atoms with E-state index in [9.17, 15) is 4.39 Å². The van der Waals surface area contributed by atoms with Crippen LogP contribution in [0.1, 0.15) is 11.1 Å². The first-order valence-electron chi connectivity index (χ1n) is 5.55. The van der Waals surface area contributed by atoms with E-state index in [4.69, 9.17) is 10.5 Å². The van der Waals surface area contributed by atoms with E-state index in [-0.39, 0.29) is 12.4 Å². The Bertz CT molecular complexity index is 545. The molecule has 4 heteroatoms. The summed E-state index contributed by atoms with van der Waals surface area (Å²) in [5.74, 6) is 0.318. The number of ether oxygens (including phenoxy) is 1. The summed E-state index contributed by atoms with van der Waals surface area (Å²) in [5, 5.41) is 0. The summed E-state index contributed by atoms with van der Waals surface area (Å²) >= 11 is 3.45. The van der Waals surface area contributed by atoms with E-state index in [0.29, 0.717) is 17.9 Å². The molecule has 0 fully saturated rings. The van der Waals surface area contributed by atoms with Gasteiger partial charge in [-0.1, -0.05) is 34.1 Å². The zero-order chi connectivity index (χ0) is 13.0. The average Bonchev–Trinajstić information content (AvgIpc) is 2.39. The summed E-state index contributed by atoms with van der Waals surface area (Å²) in [4.78, 5) is 0. The molecule has 0 saturated carbocycles. The van der Waals surface area contributed by atoms with Gasteiger partial charge in [0.25, 0.3) is 0 Å². The molecule has 0 saturated heterocycles. The van der Waals surface area contributed by atoms with Gasteiger partial charge in [0.05, 0.1) is 0 Å². The first-order chi connectivity index (χ1) is 8.70. The van der Waals surface area contributed by atoms with E-state index in [0.717, 1.165) is 10.0 Å². The van der Waals surface area contributed by atoms with Gasteiger partial charge < -0.3 is 10.5 Å². The topological polar surface area (TPSA) is 35.2 Å². The molecular weight excluding hydrogens is 297 g/mol. The van der Waals surface area contributed by atoms with Gasteiger partial charge in [0.15, 0.2) is 0 Å². The van der Waals surface area contributed by atoms with Gasteiger partial charge >= 0.3 is 0 Å². The van der Waals surface area contributed by atoms with Crippen LogP contribution in [0.3, 0.4) is 0 Å². The number of nitrogens with two attached hydrogens (primary N) is 1. The molecule has 0 aromatic heterocycles. The van der Waals surface area contributed by atoms with Crippen LogP contribution in [-0.2, 0) is 13.2 Å². The lowest BCUT2D eigenvalue weighted by molar-refractivity contribution is 0.301. The van der Waals surface area contributed by atoms with Crippen LogP contribution in [0.15, 0.2) is 46.9 Å². The van der Waals surface area contributed by atoms with Gasteiger partial charge in [-0.3, -0.25) is 0 Å². The molecule has 0 unspecified atom stereocenters. The van der Waals surface area contributed by atoms with Crippen molar-refractivity contribution in [3.8, 4) is 5.75 Å². The average molecular weight is 310 g/mol. The van der Waals surface area contributed by atoms with Crippen molar-refractivity contribution in [3.05, 3.63) is 63.9 Å². The smallest absolute Gasteiger partial charge is 0.124 e. The summed E-state index contributed by atoms with van der Waals surface area (Å²) in [6.07, 6.45) is 0. The highest BCUT2D eigenvalue weighted by atomic mass is 79.9. The van der Waals surface area contributed by atoms with Crippen molar-refractivity contribution < 1.29 is 9.13 Å². The van der Waals surface area contributed by atoms with Gasteiger partial charge in [0.2, 0.25) is 0 Å². The maximum absolute atomic E-state index is 13.0. The van der Waals surface area contributed by atoms with E-state index in [1.807, 2.05) is 24.3 Å². The van der Waals surface area contributed by atoms with Crippen molar-refractivity contribution in [2.45, 2.75) is 13.2 Å². The fraction of sp³-hybridized carbons (Fsp3) is 0.143. The van der Waals surface area contributed by atoms with Crippen LogP contribution >= 0.6 is 15.9 Å². The van der Waals surface area contributed by atoms with E-state index >= 15 is 0 Å². The number of halogens is 2. The minimum Gasteiger partial charge on any atom is -0.489 e. The van der Waals surface area contributed by atoms with E-state index in [2.05, 4.69) is 15.9 Å². The summed E-state index contributed by atoms with van der Waals surface area (Å²) in [6.45, 7) is 0.670. The Kier molecular flexibility index (Phi) is 4.33. The molecule has 18 heavy (non-hydrogen) atoms. The van der Waals surface area contributed by atoms with Crippen molar-refractivity contribution in [1.82, 2.24) is 0 Å². The molecule has 0 aliphatic heterocycles. The molecule has 2 nitrogen and oxygen atoms in total. The molecule has 0 amide bonds. The summed E-state index contributed by atoms with van der Waals surface area (Å²) in [7, 11) is 0. The highest BCUT2D eigenvalue weighted by molar-refractivity contribution is 9.10. The predicted molar refractivity (Wildman–Crippen MR) is 72.8 cm³/mol. The maximum atomic E-state index is 13.0. The highest BCUT2D eigenvalue weighted by Gasteiger charge is 2.05. The van der Waals surface area contributed by atoms with Crippen molar-refractivity contribution in [2.75, 3.05) is 0 Å². The molecule has 0 atom stereocenters. The number of hydrogen-bond donors (Lipinski definition) is 1. The standard InChI is InChI=1S/C14H13BrFNO/c15-13-4-2-1-3-10(13)9-18-14-6-5-12(16)7-11(14)8-17/h1-7H,8-9,17H2. The minimum absolute atomic E-state index is 0.253. The molecule has 2 N–H and O–H groups in total. The molecule has 0 spiro atoms. The third kappa shape index (κ3) is 3.09. The minimum atomic E-state index is -0.302. The van der Waals surface area contributed by atoms with E-state index in [1.54, 1.807) is 6.07 Å². The summed E-state index contributed by atoms with van der Waals surface area (Å²) in [6, 6.07) is 12.2. The third-order valence-corrected chi connectivity index (χ3v) is 3.36. The molecule has 2 aromatic carbocycles. The molecule has 94 valence electrons. The molecule has 2 aromatic rings. The summed E-state index contributed by atoms with van der Waals surface area (Å²) < 4.78 is 19.7. The van der Waals surface area contributed by atoms with Gasteiger partial charge in [0.1, 0.15) is 18.2 Å². The van der Waals surface area contributed by atoms with Crippen LogP contribution in [0, 0.1) is 5.82 Å². The SMILES string of the molecule is NCc1cc(F)ccc1OCc1ccccc1Br. The number of hydrogen-bond acceptors (Lipinski definition) is 2. The van der Waals surface area contributed by atoms with Crippen LogP contribution in [0.4, 0.5) is 4.39 Å². The Labute approximate surface area is 114 Å². The van der Waals surface area contributed by atoms with Crippen molar-refractivity contribution in [3.63, 3.8) is 0 Å². The number of benzene rings is 2. The van der Waals surface area contributed by atoms with E-state index in [1.165, 1.54) is 12.1 Å². The molecule has 0 radical (unpaired) electrons. The Balaban J connectivity index is 2.13. The number of rotatable bonds is 4. The zero-order valence-corrected chi connectivity index (χ0v) is 11.3. The van der Waals surface area contributed by atoms with Gasteiger partial charge in [-0.25, -0.2) is 4.39 Å². The zero-order valence-electron chi connectivity index (χ0n) is 9.70. The molecule has 2 rings (SSSR count). The van der Waals surface area contributed by atoms with Crippen LogP contribution < -0.4 is 10.5 Å². The fourth-order valence-electron chi connectivity index (χ4n) is 1.62. The van der Waals surface area contributed by atoms with Crippen LogP contribution in [0.2, 0.25) is 0 Å². The Hall–Kier alpha value is -1.39. The normalized spacial score (nSPS) is 10.4. The van der Waals surface area contributed by atoms with Crippen molar-refractivity contribution in [2.24, 2.45) is 5.73 Å². The van der Waals surface area contributed by atoms with Crippen molar-refractivity contribution in [1.29, 1.82) is 0 Å². The van der Waals surface area contributed by atoms with Crippen molar-refractivity contribution >= 4 is 15.9 Å². The first-order valence-corrected chi connectivity index (χ1v) is 6.34. The largest absolute Gasteiger partial charge is 0.489 e. The lowest BCUT2D eigenvalue weighted by atomic mass is 10.2. The van der Waals surface area contributed by atoms with Crippen LogP contribution in [0.5, 0.6) is 5.75 Å². The molecule has 0 aliphatic carbocycles. The third-order valence-electron chi connectivity index (χ3n) is 2.58. The van der Waals surface area contributed by atoms with Gasteiger partial charge in [-0.15, -0.1) is 0 Å². The van der Waals surface area contributed by atoms with Gasteiger partial charge in [-0.05, 0) is 24.3 Å². The summed E-state index contributed by atoms with van der Waals surface area (Å²) in [5.41, 5.74) is 7.26. The molecular formula is C14H13BrFNO. The Morgan fingerprint density at radius 1 is 1.11 bits per heavy atom. The van der Waals surface area contributed by atoms with Crippen LogP contribution in [-0.4, -0.2) is 0 Å². The van der Waals surface area contributed by atoms with Gasteiger partial charge in [-0.2, -0.15) is 0 Å². The fourth-order valence-corrected chi connectivity index (χ4v) is 2.02. The second-order valence-corrected chi connectivity index (χ2v) is 4.69. The van der Waals surface area contributed by atoms with Crippen LogP contribution in [0.25, 0.3) is 0 Å². The highest BCUT2D eigenvalue weighted by Crippen LogP contribution is 2.22. The lowest BCUT2D eigenvalue weighted by Crippen LogP contribution is -2.03. The Morgan fingerprint density at radius 2 is 1.89 bits per heavy atom. The predicted octanol–water partition coefficient (Wildman–Crippen LogP) is 3.63. The quantitative estimate of drug-likeness (QED) is 0.936. The Morgan fingerprint density at radius 3 is 2.61 bits per heavy atom. The monoisotopic (exact) mass is 309 g/mol. The molecule has 0 heterocycles. The first kappa shape index (κ1) is 13.1.